The molecule has 138 valence electrons. The predicted octanol–water partition coefficient (Wildman–Crippen LogP) is 2.93. The number of aliphatic hydroxyl groups excluding tert-OH is 1. The van der Waals surface area contributed by atoms with Crippen molar-refractivity contribution in [3.63, 3.8) is 0 Å². The fraction of sp³-hybridized carbons (Fsp3) is 0.600. The minimum atomic E-state index is -0.259. The largest absolute Gasteiger partial charge is 0.394 e. The molecule has 1 amide bonds. The average molecular weight is 364 g/mol. The van der Waals surface area contributed by atoms with Crippen molar-refractivity contribution in [3.8, 4) is 0 Å². The Labute approximate surface area is 154 Å². The van der Waals surface area contributed by atoms with Gasteiger partial charge in [-0.25, -0.2) is 0 Å². The number of hydrogen-bond acceptors (Lipinski definition) is 4. The number of carbonyl (C=O) groups excluding carboxylic acids is 2. The van der Waals surface area contributed by atoms with Gasteiger partial charge in [0.2, 0.25) is 5.91 Å². The summed E-state index contributed by atoms with van der Waals surface area (Å²) in [4.78, 5) is 24.2. The monoisotopic (exact) mass is 363 g/mol. The van der Waals surface area contributed by atoms with Crippen LogP contribution in [0, 0.1) is 5.92 Å². The van der Waals surface area contributed by atoms with Crippen molar-refractivity contribution in [1.82, 2.24) is 5.32 Å². The van der Waals surface area contributed by atoms with Crippen molar-refractivity contribution >= 4 is 23.5 Å². The number of amides is 1. The van der Waals surface area contributed by atoms with E-state index in [2.05, 4.69) is 5.32 Å². The summed E-state index contributed by atoms with van der Waals surface area (Å²) in [5.41, 5.74) is 2.12. The van der Waals surface area contributed by atoms with Gasteiger partial charge in [0.1, 0.15) is 5.78 Å². The second-order valence-electron chi connectivity index (χ2n) is 6.89. The van der Waals surface area contributed by atoms with Crippen molar-refractivity contribution in [2.75, 3.05) is 18.6 Å². The summed E-state index contributed by atoms with van der Waals surface area (Å²) in [5, 5.41) is 12.3. The van der Waals surface area contributed by atoms with E-state index in [9.17, 15) is 14.7 Å². The van der Waals surface area contributed by atoms with Gasteiger partial charge < -0.3 is 10.4 Å². The predicted molar refractivity (Wildman–Crippen MR) is 103 cm³/mol. The number of nitrogens with one attached hydrogen (secondary N) is 1. The van der Waals surface area contributed by atoms with Crippen LogP contribution in [0.3, 0.4) is 0 Å². The molecule has 1 fully saturated rings. The highest BCUT2D eigenvalue weighted by Gasteiger charge is 2.24. The summed E-state index contributed by atoms with van der Waals surface area (Å²) in [5.74, 6) is 1.16. The van der Waals surface area contributed by atoms with Crippen LogP contribution in [0.5, 0.6) is 0 Å². The van der Waals surface area contributed by atoms with E-state index in [1.54, 1.807) is 11.8 Å². The smallest absolute Gasteiger partial charge is 0.227 e. The Kier molecular flexibility index (Phi) is 7.97. The van der Waals surface area contributed by atoms with Crippen LogP contribution < -0.4 is 5.32 Å². The lowest BCUT2D eigenvalue weighted by Gasteiger charge is -2.19. The molecule has 1 aliphatic carbocycles. The Hall–Kier alpha value is -1.33. The Morgan fingerprint density at radius 3 is 2.64 bits per heavy atom. The zero-order chi connectivity index (χ0) is 18.2. The number of benzene rings is 1. The number of hydrogen-bond donors (Lipinski definition) is 2. The molecule has 0 aliphatic heterocycles. The van der Waals surface area contributed by atoms with Crippen LogP contribution in [0.25, 0.3) is 0 Å². The minimum absolute atomic E-state index is 0.0344. The Balaban J connectivity index is 1.91. The lowest BCUT2D eigenvalue weighted by Crippen LogP contribution is -2.40. The standard InChI is InChI=1S/C20H29NO3S/c1-14(20(24)21-18(13-22)10-11-25-2)16-8-6-15(7-9-16)12-17-4-3-5-19(17)23/h6-9,14,17-18,22H,3-5,10-13H2,1-2H3,(H,21,24)/t14-,17-,18+/m0/s1. The second kappa shape index (κ2) is 9.97. The van der Waals surface area contributed by atoms with Gasteiger partial charge in [-0.1, -0.05) is 24.3 Å². The lowest BCUT2D eigenvalue weighted by atomic mass is 9.94. The normalized spacial score (nSPS) is 19.6. The van der Waals surface area contributed by atoms with E-state index in [-0.39, 0.29) is 30.4 Å². The van der Waals surface area contributed by atoms with Crippen LogP contribution in [-0.2, 0) is 16.0 Å². The van der Waals surface area contributed by atoms with Crippen LogP contribution in [0.2, 0.25) is 0 Å². The summed E-state index contributed by atoms with van der Waals surface area (Å²) in [6.07, 6.45) is 6.33. The fourth-order valence-corrected chi connectivity index (χ4v) is 3.80. The third-order valence-electron chi connectivity index (χ3n) is 5.02. The number of ketones is 1. The Morgan fingerprint density at radius 1 is 1.36 bits per heavy atom. The SMILES string of the molecule is CSCC[C@H](CO)NC(=O)[C@@H](C)c1ccc(C[C@@H]2CCCC2=O)cc1. The summed E-state index contributed by atoms with van der Waals surface area (Å²) < 4.78 is 0. The van der Waals surface area contributed by atoms with E-state index in [1.165, 1.54) is 0 Å². The van der Waals surface area contributed by atoms with Gasteiger partial charge in [0.25, 0.3) is 0 Å². The molecular weight excluding hydrogens is 334 g/mol. The first kappa shape index (κ1) is 20.0. The zero-order valence-corrected chi connectivity index (χ0v) is 16.0. The molecule has 3 atom stereocenters. The zero-order valence-electron chi connectivity index (χ0n) is 15.2. The minimum Gasteiger partial charge on any atom is -0.394 e. The van der Waals surface area contributed by atoms with Crippen molar-refractivity contribution in [3.05, 3.63) is 35.4 Å². The Morgan fingerprint density at radius 2 is 2.08 bits per heavy atom. The number of rotatable bonds is 9. The van der Waals surface area contributed by atoms with Gasteiger partial charge >= 0.3 is 0 Å². The first-order chi connectivity index (χ1) is 12.0. The third kappa shape index (κ3) is 5.86. The van der Waals surface area contributed by atoms with Gasteiger partial charge in [0.15, 0.2) is 0 Å². The molecule has 25 heavy (non-hydrogen) atoms. The van der Waals surface area contributed by atoms with Crippen molar-refractivity contribution in [2.24, 2.45) is 5.92 Å². The summed E-state index contributed by atoms with van der Waals surface area (Å²) in [6.45, 7) is 1.85. The summed E-state index contributed by atoms with van der Waals surface area (Å²) in [6, 6.07) is 7.84. The first-order valence-corrected chi connectivity index (χ1v) is 10.5. The quantitative estimate of drug-likeness (QED) is 0.708. The highest BCUT2D eigenvalue weighted by Crippen LogP contribution is 2.26. The molecule has 0 saturated heterocycles. The van der Waals surface area contributed by atoms with Gasteiger partial charge in [0.05, 0.1) is 18.6 Å². The average Bonchev–Trinajstić information content (AvgIpc) is 3.03. The van der Waals surface area contributed by atoms with Gasteiger partial charge in [-0.05, 0) is 55.7 Å². The van der Waals surface area contributed by atoms with Crippen molar-refractivity contribution < 1.29 is 14.7 Å². The first-order valence-electron chi connectivity index (χ1n) is 9.06. The lowest BCUT2D eigenvalue weighted by molar-refractivity contribution is -0.123. The van der Waals surface area contributed by atoms with E-state index in [0.29, 0.717) is 5.78 Å². The molecule has 1 aliphatic rings. The second-order valence-corrected chi connectivity index (χ2v) is 7.88. The van der Waals surface area contributed by atoms with Crippen molar-refractivity contribution in [1.29, 1.82) is 0 Å². The van der Waals surface area contributed by atoms with Crippen LogP contribution in [0.1, 0.15) is 49.7 Å². The molecule has 0 unspecified atom stereocenters. The molecular formula is C20H29NO3S. The van der Waals surface area contributed by atoms with Gasteiger partial charge in [-0.2, -0.15) is 11.8 Å². The molecule has 0 spiro atoms. The van der Waals surface area contributed by atoms with Crippen LogP contribution in [0.15, 0.2) is 24.3 Å². The van der Waals surface area contributed by atoms with Crippen LogP contribution >= 0.6 is 11.8 Å². The molecule has 0 heterocycles. The van der Waals surface area contributed by atoms with E-state index < -0.39 is 0 Å². The molecule has 0 radical (unpaired) electrons. The molecule has 1 aromatic rings. The van der Waals surface area contributed by atoms with Crippen molar-refractivity contribution in [2.45, 2.75) is 51.0 Å². The highest BCUT2D eigenvalue weighted by molar-refractivity contribution is 7.98. The maximum Gasteiger partial charge on any atom is 0.227 e. The molecule has 0 bridgehead atoms. The molecule has 2 rings (SSSR count). The fourth-order valence-electron chi connectivity index (χ4n) is 3.28. The number of aliphatic hydroxyl groups is 1. The topological polar surface area (TPSA) is 66.4 Å². The molecule has 4 nitrogen and oxygen atoms in total. The highest BCUT2D eigenvalue weighted by atomic mass is 32.2. The summed E-state index contributed by atoms with van der Waals surface area (Å²) in [7, 11) is 0. The molecule has 1 saturated carbocycles. The third-order valence-corrected chi connectivity index (χ3v) is 5.67. The molecule has 1 aromatic carbocycles. The van der Waals surface area contributed by atoms with Gasteiger partial charge in [-0.3, -0.25) is 9.59 Å². The summed E-state index contributed by atoms with van der Waals surface area (Å²) >= 11 is 1.71. The number of thioether (sulfide) groups is 1. The molecule has 2 N–H and O–H groups in total. The maximum atomic E-state index is 12.4. The van der Waals surface area contributed by atoms with Gasteiger partial charge in [0, 0.05) is 12.3 Å². The Bertz CT molecular complexity index is 573. The van der Waals surface area contributed by atoms with Crippen LogP contribution in [-0.4, -0.2) is 41.5 Å². The van der Waals surface area contributed by atoms with E-state index in [0.717, 1.165) is 49.0 Å². The number of Topliss-reactive ketones (excluding diaryl/α,β-unsaturated/α-hetero) is 1. The maximum absolute atomic E-state index is 12.4. The van der Waals surface area contributed by atoms with Crippen LogP contribution in [0.4, 0.5) is 0 Å². The molecule has 5 heteroatoms. The van der Waals surface area contributed by atoms with E-state index in [4.69, 9.17) is 0 Å². The van der Waals surface area contributed by atoms with E-state index in [1.807, 2.05) is 37.4 Å². The van der Waals surface area contributed by atoms with Gasteiger partial charge in [-0.15, -0.1) is 0 Å². The number of carbonyl (C=O) groups is 2. The van der Waals surface area contributed by atoms with E-state index >= 15 is 0 Å². The molecule has 0 aromatic heterocycles.